The van der Waals surface area contributed by atoms with E-state index in [1.807, 2.05) is 24.4 Å². The van der Waals surface area contributed by atoms with Gasteiger partial charge >= 0.3 is 0 Å². The van der Waals surface area contributed by atoms with Gasteiger partial charge in [0.15, 0.2) is 4.96 Å². The van der Waals surface area contributed by atoms with Crippen LogP contribution in [0, 0.1) is 0 Å². The Morgan fingerprint density at radius 3 is 2.81 bits per heavy atom. The van der Waals surface area contributed by atoms with Crippen molar-refractivity contribution in [3.63, 3.8) is 0 Å². The smallest absolute Gasteiger partial charge is 0.194 e. The van der Waals surface area contributed by atoms with Crippen LogP contribution in [0.5, 0.6) is 0 Å². The van der Waals surface area contributed by atoms with Crippen molar-refractivity contribution in [2.24, 2.45) is 0 Å². The third kappa shape index (κ3) is 1.44. The van der Waals surface area contributed by atoms with Gasteiger partial charge in [0.25, 0.3) is 0 Å². The van der Waals surface area contributed by atoms with Crippen molar-refractivity contribution in [1.29, 1.82) is 0 Å². The summed E-state index contributed by atoms with van der Waals surface area (Å²) in [6.45, 7) is 0. The predicted molar refractivity (Wildman–Crippen MR) is 68.1 cm³/mol. The third-order valence-corrected chi connectivity index (χ3v) is 3.64. The molecule has 0 spiro atoms. The third-order valence-electron chi connectivity index (χ3n) is 2.53. The van der Waals surface area contributed by atoms with Crippen molar-refractivity contribution in [2.75, 3.05) is 0 Å². The number of imidazole rings is 1. The molecule has 1 aromatic carbocycles. The number of rotatable bonds is 2. The molecule has 0 saturated heterocycles. The van der Waals surface area contributed by atoms with Crippen LogP contribution in [0.2, 0.25) is 0 Å². The van der Waals surface area contributed by atoms with Crippen molar-refractivity contribution < 1.29 is 0 Å². The lowest BCUT2D eigenvalue weighted by atomic mass is 10.2. The van der Waals surface area contributed by atoms with Gasteiger partial charge in [0.1, 0.15) is 0 Å². The highest BCUT2D eigenvalue weighted by Crippen LogP contribution is 2.27. The summed E-state index contributed by atoms with van der Waals surface area (Å²) in [7, 11) is 0. The molecule has 0 atom stereocenters. The number of aromatic nitrogens is 2. The number of fused-ring (bicyclic) bond motifs is 1. The predicted octanol–water partition coefficient (Wildman–Crippen LogP) is 3.80. The first-order valence-electron chi connectivity index (χ1n) is 4.95. The van der Waals surface area contributed by atoms with Gasteiger partial charge in [-0.3, -0.25) is 4.40 Å². The first-order chi connectivity index (χ1) is 7.90. The van der Waals surface area contributed by atoms with Gasteiger partial charge in [0.05, 0.1) is 23.5 Å². The lowest BCUT2D eigenvalue weighted by Crippen LogP contribution is -1.90. The molecule has 3 aromatic rings. The summed E-state index contributed by atoms with van der Waals surface area (Å²) >= 11 is 7.55. The zero-order valence-corrected chi connectivity index (χ0v) is 10.0. The van der Waals surface area contributed by atoms with Crippen LogP contribution in [0.15, 0.2) is 41.9 Å². The minimum atomic E-state index is 0.484. The molecule has 0 radical (unpaired) electrons. The van der Waals surface area contributed by atoms with Crippen LogP contribution in [-0.2, 0) is 5.88 Å². The summed E-state index contributed by atoms with van der Waals surface area (Å²) in [4.78, 5) is 5.33. The van der Waals surface area contributed by atoms with Crippen LogP contribution < -0.4 is 0 Å². The second-order valence-electron chi connectivity index (χ2n) is 3.49. The summed E-state index contributed by atoms with van der Waals surface area (Å²) in [6.07, 6.45) is 1.84. The molecule has 3 rings (SSSR count). The van der Waals surface area contributed by atoms with E-state index in [0.29, 0.717) is 5.88 Å². The van der Waals surface area contributed by atoms with E-state index in [0.717, 1.165) is 16.3 Å². The Balaban J connectivity index is 2.28. The Bertz CT molecular complexity index is 612. The highest BCUT2D eigenvalue weighted by molar-refractivity contribution is 7.15. The Labute approximate surface area is 102 Å². The summed E-state index contributed by atoms with van der Waals surface area (Å²) in [5, 5.41) is 2.12. The molecule has 0 aliphatic heterocycles. The average Bonchev–Trinajstić information content (AvgIpc) is 2.90. The molecule has 0 amide bonds. The molecule has 16 heavy (non-hydrogen) atoms. The minimum absolute atomic E-state index is 0.484. The Morgan fingerprint density at radius 1 is 1.25 bits per heavy atom. The van der Waals surface area contributed by atoms with E-state index in [-0.39, 0.29) is 0 Å². The van der Waals surface area contributed by atoms with E-state index < -0.39 is 0 Å². The maximum atomic E-state index is 5.91. The van der Waals surface area contributed by atoms with Gasteiger partial charge < -0.3 is 0 Å². The van der Waals surface area contributed by atoms with Crippen LogP contribution in [0.25, 0.3) is 16.2 Å². The molecule has 80 valence electrons. The normalized spacial score (nSPS) is 11.1. The van der Waals surface area contributed by atoms with Crippen LogP contribution in [0.1, 0.15) is 5.69 Å². The van der Waals surface area contributed by atoms with Crippen LogP contribution in [-0.4, -0.2) is 9.38 Å². The SMILES string of the molecule is ClCc1cnc2scc(-c3ccccc3)n12. The first-order valence-corrected chi connectivity index (χ1v) is 6.37. The van der Waals surface area contributed by atoms with Crippen molar-refractivity contribution in [2.45, 2.75) is 5.88 Å². The van der Waals surface area contributed by atoms with E-state index in [4.69, 9.17) is 11.6 Å². The lowest BCUT2D eigenvalue weighted by molar-refractivity contribution is 1.12. The molecule has 0 fully saturated rings. The Hall–Kier alpha value is -1.32. The highest BCUT2D eigenvalue weighted by atomic mass is 35.5. The molecule has 0 N–H and O–H groups in total. The zero-order valence-electron chi connectivity index (χ0n) is 8.43. The van der Waals surface area contributed by atoms with Gasteiger partial charge in [-0.1, -0.05) is 30.3 Å². The van der Waals surface area contributed by atoms with E-state index >= 15 is 0 Å². The van der Waals surface area contributed by atoms with Crippen molar-refractivity contribution >= 4 is 27.9 Å². The van der Waals surface area contributed by atoms with E-state index in [9.17, 15) is 0 Å². The molecule has 2 nitrogen and oxygen atoms in total. The van der Waals surface area contributed by atoms with Gasteiger partial charge in [-0.25, -0.2) is 4.98 Å². The highest BCUT2D eigenvalue weighted by Gasteiger charge is 2.10. The molecule has 0 unspecified atom stereocenters. The number of benzene rings is 1. The van der Waals surface area contributed by atoms with Gasteiger partial charge in [0.2, 0.25) is 0 Å². The quantitative estimate of drug-likeness (QED) is 0.631. The minimum Gasteiger partial charge on any atom is -0.286 e. The summed E-state index contributed by atoms with van der Waals surface area (Å²) < 4.78 is 2.12. The Kier molecular flexibility index (Phi) is 2.42. The standard InChI is InChI=1S/C12H9ClN2S/c13-6-10-7-14-12-15(10)11(8-16-12)9-4-2-1-3-5-9/h1-5,7-8H,6H2. The second-order valence-corrected chi connectivity index (χ2v) is 4.59. The fourth-order valence-electron chi connectivity index (χ4n) is 1.77. The molecule has 0 bridgehead atoms. The molecule has 2 heterocycles. The average molecular weight is 249 g/mol. The molecule has 2 aromatic heterocycles. The molecular formula is C12H9ClN2S. The van der Waals surface area contributed by atoms with Crippen molar-refractivity contribution in [3.8, 4) is 11.3 Å². The maximum absolute atomic E-state index is 5.91. The number of alkyl halides is 1. The largest absolute Gasteiger partial charge is 0.286 e. The maximum Gasteiger partial charge on any atom is 0.194 e. The number of hydrogen-bond acceptors (Lipinski definition) is 2. The van der Waals surface area contributed by atoms with Crippen LogP contribution >= 0.6 is 22.9 Å². The monoisotopic (exact) mass is 248 g/mol. The van der Waals surface area contributed by atoms with Crippen molar-refractivity contribution in [3.05, 3.63) is 47.6 Å². The van der Waals surface area contributed by atoms with Gasteiger partial charge in [-0.05, 0) is 5.56 Å². The number of nitrogens with zero attached hydrogens (tertiary/aromatic N) is 2. The summed E-state index contributed by atoms with van der Waals surface area (Å²) in [5.74, 6) is 0.484. The molecular weight excluding hydrogens is 240 g/mol. The second kappa shape index (κ2) is 3.92. The molecule has 0 saturated carbocycles. The fraction of sp³-hybridized carbons (Fsp3) is 0.0833. The van der Waals surface area contributed by atoms with Crippen LogP contribution in [0.3, 0.4) is 0 Å². The summed E-state index contributed by atoms with van der Waals surface area (Å²) in [5.41, 5.74) is 3.39. The van der Waals surface area contributed by atoms with E-state index in [1.54, 1.807) is 11.3 Å². The topological polar surface area (TPSA) is 17.3 Å². The molecule has 4 heteroatoms. The first kappa shape index (κ1) is 9.87. The lowest BCUT2D eigenvalue weighted by Gasteiger charge is -2.01. The van der Waals surface area contributed by atoms with Gasteiger partial charge in [-0.15, -0.1) is 22.9 Å². The number of hydrogen-bond donors (Lipinski definition) is 0. The number of halogens is 1. The zero-order chi connectivity index (χ0) is 11.0. The summed E-state index contributed by atoms with van der Waals surface area (Å²) in [6, 6.07) is 10.3. The molecule has 0 aliphatic carbocycles. The van der Waals surface area contributed by atoms with Gasteiger partial charge in [-0.2, -0.15) is 0 Å². The van der Waals surface area contributed by atoms with Gasteiger partial charge in [0, 0.05) is 5.38 Å². The van der Waals surface area contributed by atoms with Crippen molar-refractivity contribution in [1.82, 2.24) is 9.38 Å². The number of thiazole rings is 1. The van der Waals surface area contributed by atoms with Crippen LogP contribution in [0.4, 0.5) is 0 Å². The van der Waals surface area contributed by atoms with E-state index in [2.05, 4.69) is 26.9 Å². The Morgan fingerprint density at radius 2 is 2.06 bits per heavy atom. The van der Waals surface area contributed by atoms with E-state index in [1.165, 1.54) is 5.56 Å². The molecule has 0 aliphatic rings. The fourth-order valence-corrected chi connectivity index (χ4v) is 2.85.